The molecule has 17 heavy (non-hydrogen) atoms. The van der Waals surface area contributed by atoms with Crippen molar-refractivity contribution in [1.29, 1.82) is 0 Å². The van der Waals surface area contributed by atoms with E-state index in [1.165, 1.54) is 12.8 Å². The number of amides is 1. The minimum Gasteiger partial charge on any atom is -0.481 e. The Hall–Kier alpha value is -1.10. The highest BCUT2D eigenvalue weighted by molar-refractivity contribution is 5.93. The van der Waals surface area contributed by atoms with Crippen LogP contribution in [0.4, 0.5) is 0 Å². The summed E-state index contributed by atoms with van der Waals surface area (Å²) in [5.41, 5.74) is 0. The van der Waals surface area contributed by atoms with Crippen LogP contribution >= 0.6 is 0 Å². The molecule has 1 aliphatic rings. The summed E-state index contributed by atoms with van der Waals surface area (Å²) in [5, 5.41) is 11.2. The SMILES string of the molecule is CC(C)C(CNC(=O)CC(=O)O)N1CCCC1. The Balaban J connectivity index is 2.39. The molecule has 0 spiro atoms. The highest BCUT2D eigenvalue weighted by Crippen LogP contribution is 2.17. The standard InChI is InChI=1S/C12H22N2O3/c1-9(2)10(14-5-3-4-6-14)8-13-11(15)7-12(16)17/h9-10H,3-8H2,1-2H3,(H,13,15)(H,16,17). The molecule has 0 aromatic carbocycles. The minimum atomic E-state index is -1.08. The Morgan fingerprint density at radius 1 is 1.29 bits per heavy atom. The molecule has 1 fully saturated rings. The lowest BCUT2D eigenvalue weighted by Gasteiger charge is -2.30. The molecule has 5 nitrogen and oxygen atoms in total. The number of carboxylic acid groups (broad SMARTS) is 1. The van der Waals surface area contributed by atoms with Crippen LogP contribution in [0.5, 0.6) is 0 Å². The number of carbonyl (C=O) groups is 2. The Morgan fingerprint density at radius 2 is 1.88 bits per heavy atom. The molecule has 2 N–H and O–H groups in total. The van der Waals surface area contributed by atoms with Crippen molar-refractivity contribution in [3.8, 4) is 0 Å². The fourth-order valence-corrected chi connectivity index (χ4v) is 2.28. The van der Waals surface area contributed by atoms with Crippen molar-refractivity contribution in [2.45, 2.75) is 39.2 Å². The summed E-state index contributed by atoms with van der Waals surface area (Å²) in [4.78, 5) is 24.0. The fraction of sp³-hybridized carbons (Fsp3) is 0.833. The van der Waals surface area contributed by atoms with Crippen LogP contribution in [0.3, 0.4) is 0 Å². The van der Waals surface area contributed by atoms with E-state index in [2.05, 4.69) is 24.1 Å². The molecule has 1 atom stereocenters. The van der Waals surface area contributed by atoms with Crippen LogP contribution in [0.25, 0.3) is 0 Å². The van der Waals surface area contributed by atoms with Gasteiger partial charge in [-0.1, -0.05) is 13.8 Å². The fourth-order valence-electron chi connectivity index (χ4n) is 2.28. The third-order valence-corrected chi connectivity index (χ3v) is 3.20. The molecule has 5 heteroatoms. The maximum atomic E-state index is 11.3. The molecular formula is C12H22N2O3. The molecule has 1 unspecified atom stereocenters. The third kappa shape index (κ3) is 4.73. The summed E-state index contributed by atoms with van der Waals surface area (Å²) in [6, 6.07) is 0.315. The van der Waals surface area contributed by atoms with Crippen molar-refractivity contribution in [3.05, 3.63) is 0 Å². The summed E-state index contributed by atoms with van der Waals surface area (Å²) in [5.74, 6) is -1.02. The lowest BCUT2D eigenvalue weighted by atomic mass is 10.0. The van der Waals surface area contributed by atoms with E-state index >= 15 is 0 Å². The number of nitrogens with one attached hydrogen (secondary N) is 1. The van der Waals surface area contributed by atoms with E-state index in [1.807, 2.05) is 0 Å². The van der Waals surface area contributed by atoms with Crippen molar-refractivity contribution >= 4 is 11.9 Å². The predicted molar refractivity (Wildman–Crippen MR) is 64.7 cm³/mol. The zero-order valence-electron chi connectivity index (χ0n) is 10.6. The first-order chi connectivity index (χ1) is 8.00. The van der Waals surface area contributed by atoms with Crippen molar-refractivity contribution in [2.24, 2.45) is 5.92 Å². The van der Waals surface area contributed by atoms with E-state index < -0.39 is 18.3 Å². The highest BCUT2D eigenvalue weighted by atomic mass is 16.4. The number of hydrogen-bond donors (Lipinski definition) is 2. The van der Waals surface area contributed by atoms with Gasteiger partial charge < -0.3 is 10.4 Å². The van der Waals surface area contributed by atoms with Gasteiger partial charge in [-0.15, -0.1) is 0 Å². The highest BCUT2D eigenvalue weighted by Gasteiger charge is 2.24. The molecule has 1 saturated heterocycles. The Morgan fingerprint density at radius 3 is 2.35 bits per heavy atom. The second kappa shape index (κ2) is 6.59. The van der Waals surface area contributed by atoms with Gasteiger partial charge in [-0.05, 0) is 31.8 Å². The van der Waals surface area contributed by atoms with Crippen LogP contribution in [-0.4, -0.2) is 47.6 Å². The van der Waals surface area contributed by atoms with Gasteiger partial charge in [-0.25, -0.2) is 0 Å². The summed E-state index contributed by atoms with van der Waals surface area (Å²) in [6.45, 7) is 6.97. The van der Waals surface area contributed by atoms with Crippen LogP contribution in [0.15, 0.2) is 0 Å². The molecule has 0 aliphatic carbocycles. The maximum absolute atomic E-state index is 11.3. The van der Waals surface area contributed by atoms with E-state index in [9.17, 15) is 9.59 Å². The Labute approximate surface area is 102 Å². The number of carbonyl (C=O) groups excluding carboxylic acids is 1. The van der Waals surface area contributed by atoms with Crippen molar-refractivity contribution < 1.29 is 14.7 Å². The summed E-state index contributed by atoms with van der Waals surface area (Å²) < 4.78 is 0. The van der Waals surface area contributed by atoms with E-state index in [-0.39, 0.29) is 0 Å². The molecule has 0 bridgehead atoms. The van der Waals surface area contributed by atoms with Gasteiger partial charge in [-0.3, -0.25) is 14.5 Å². The van der Waals surface area contributed by atoms with Crippen molar-refractivity contribution in [2.75, 3.05) is 19.6 Å². The first-order valence-corrected chi connectivity index (χ1v) is 6.23. The summed E-state index contributed by atoms with van der Waals surface area (Å²) >= 11 is 0. The molecule has 0 aromatic rings. The maximum Gasteiger partial charge on any atom is 0.312 e. The summed E-state index contributed by atoms with van der Waals surface area (Å²) in [6.07, 6.45) is 1.99. The number of nitrogens with zero attached hydrogens (tertiary/aromatic N) is 1. The lowest BCUT2D eigenvalue weighted by molar-refractivity contribution is -0.140. The number of likely N-dealkylation sites (tertiary alicyclic amines) is 1. The van der Waals surface area contributed by atoms with E-state index in [0.717, 1.165) is 13.1 Å². The van der Waals surface area contributed by atoms with Crippen LogP contribution in [0.1, 0.15) is 33.1 Å². The van der Waals surface area contributed by atoms with Gasteiger partial charge in [0.1, 0.15) is 6.42 Å². The van der Waals surface area contributed by atoms with Crippen molar-refractivity contribution in [3.63, 3.8) is 0 Å². The normalized spacial score (nSPS) is 18.3. The molecule has 1 rings (SSSR count). The van der Waals surface area contributed by atoms with Crippen LogP contribution in [0, 0.1) is 5.92 Å². The third-order valence-electron chi connectivity index (χ3n) is 3.20. The molecule has 98 valence electrons. The first kappa shape index (κ1) is 14.0. The number of hydrogen-bond acceptors (Lipinski definition) is 3. The van der Waals surface area contributed by atoms with Crippen LogP contribution in [0.2, 0.25) is 0 Å². The molecule has 0 aromatic heterocycles. The predicted octanol–water partition coefficient (Wildman–Crippen LogP) is 0.698. The Bertz CT molecular complexity index is 273. The van der Waals surface area contributed by atoms with Gasteiger partial charge in [0.2, 0.25) is 5.91 Å². The first-order valence-electron chi connectivity index (χ1n) is 6.23. The quantitative estimate of drug-likeness (QED) is 0.673. The minimum absolute atomic E-state index is 0.315. The molecule has 1 aliphatic heterocycles. The Kier molecular flexibility index (Phi) is 5.41. The summed E-state index contributed by atoms with van der Waals surface area (Å²) in [7, 11) is 0. The monoisotopic (exact) mass is 242 g/mol. The van der Waals surface area contributed by atoms with Crippen LogP contribution < -0.4 is 5.32 Å². The second-order valence-corrected chi connectivity index (χ2v) is 4.93. The van der Waals surface area contributed by atoms with Gasteiger partial charge in [0.15, 0.2) is 0 Å². The largest absolute Gasteiger partial charge is 0.481 e. The van der Waals surface area contributed by atoms with Gasteiger partial charge in [-0.2, -0.15) is 0 Å². The molecule has 0 radical (unpaired) electrons. The number of rotatable bonds is 6. The topological polar surface area (TPSA) is 69.6 Å². The average Bonchev–Trinajstić information content (AvgIpc) is 2.69. The van der Waals surface area contributed by atoms with Gasteiger partial charge in [0.05, 0.1) is 0 Å². The van der Waals surface area contributed by atoms with Gasteiger partial charge >= 0.3 is 5.97 Å². The van der Waals surface area contributed by atoms with Gasteiger partial charge in [0, 0.05) is 12.6 Å². The van der Waals surface area contributed by atoms with E-state index in [1.54, 1.807) is 0 Å². The van der Waals surface area contributed by atoms with Gasteiger partial charge in [0.25, 0.3) is 0 Å². The van der Waals surface area contributed by atoms with E-state index in [4.69, 9.17) is 5.11 Å². The van der Waals surface area contributed by atoms with Crippen LogP contribution in [-0.2, 0) is 9.59 Å². The zero-order chi connectivity index (χ0) is 12.8. The van der Waals surface area contributed by atoms with Crippen molar-refractivity contribution in [1.82, 2.24) is 10.2 Å². The average molecular weight is 242 g/mol. The number of carboxylic acids is 1. The lowest BCUT2D eigenvalue weighted by Crippen LogP contribution is -2.45. The molecular weight excluding hydrogens is 220 g/mol. The second-order valence-electron chi connectivity index (χ2n) is 4.93. The zero-order valence-corrected chi connectivity index (χ0v) is 10.6. The molecule has 1 amide bonds. The number of aliphatic carboxylic acids is 1. The smallest absolute Gasteiger partial charge is 0.312 e. The molecule has 1 heterocycles. The molecule has 0 saturated carbocycles. The van der Waals surface area contributed by atoms with E-state index in [0.29, 0.717) is 18.5 Å².